The summed E-state index contributed by atoms with van der Waals surface area (Å²) in [5.41, 5.74) is 8.61. The van der Waals surface area contributed by atoms with Gasteiger partial charge in [0.15, 0.2) is 0 Å². The number of nitrogens with two attached hydrogens (primary N) is 1. The molecule has 0 bridgehead atoms. The molecule has 0 saturated carbocycles. The van der Waals surface area contributed by atoms with Crippen LogP contribution in [-0.4, -0.2) is 4.98 Å². The Labute approximate surface area is 128 Å². The fourth-order valence-corrected chi connectivity index (χ4v) is 2.47. The molecule has 0 amide bonds. The molecule has 0 radical (unpaired) electrons. The van der Waals surface area contributed by atoms with E-state index in [1.165, 1.54) is 0 Å². The van der Waals surface area contributed by atoms with Gasteiger partial charge in [0.1, 0.15) is 12.4 Å². The van der Waals surface area contributed by atoms with Crippen LogP contribution >= 0.6 is 11.6 Å². The Morgan fingerprint density at radius 3 is 2.76 bits per heavy atom. The van der Waals surface area contributed by atoms with Crippen molar-refractivity contribution in [1.82, 2.24) is 4.98 Å². The van der Waals surface area contributed by atoms with Crippen LogP contribution in [0.25, 0.3) is 10.9 Å². The molecule has 2 N–H and O–H groups in total. The normalized spacial score (nSPS) is 10.8. The van der Waals surface area contributed by atoms with E-state index in [-0.39, 0.29) is 0 Å². The third kappa shape index (κ3) is 2.99. The molecule has 0 unspecified atom stereocenters. The highest BCUT2D eigenvalue weighted by Crippen LogP contribution is 2.29. The molecule has 0 atom stereocenters. The van der Waals surface area contributed by atoms with Crippen LogP contribution in [0.5, 0.6) is 5.75 Å². The molecule has 1 aromatic heterocycles. The Hall–Kier alpha value is -2.10. The number of ether oxygens (including phenoxy) is 1. The summed E-state index contributed by atoms with van der Waals surface area (Å²) in [6.07, 6.45) is 1.77. The summed E-state index contributed by atoms with van der Waals surface area (Å²) in [6.45, 7) is 0.838. The molecule has 1 heterocycles. The number of benzene rings is 2. The third-order valence-corrected chi connectivity index (χ3v) is 3.53. The van der Waals surface area contributed by atoms with Gasteiger partial charge in [0.25, 0.3) is 0 Å². The van der Waals surface area contributed by atoms with Gasteiger partial charge >= 0.3 is 0 Å². The molecule has 4 heteroatoms. The van der Waals surface area contributed by atoms with E-state index < -0.39 is 0 Å². The number of halogens is 1. The summed E-state index contributed by atoms with van der Waals surface area (Å²) in [5.74, 6) is 0.795. The molecule has 2 aromatic carbocycles. The zero-order chi connectivity index (χ0) is 14.7. The Morgan fingerprint density at radius 2 is 1.95 bits per heavy atom. The Morgan fingerprint density at radius 1 is 1.10 bits per heavy atom. The van der Waals surface area contributed by atoms with Crippen LogP contribution in [0.4, 0.5) is 0 Å². The van der Waals surface area contributed by atoms with E-state index in [1.807, 2.05) is 48.5 Å². The standard InChI is InChI=1S/C17H15ClN2O/c18-14-5-3-4-12(8-14)11-21-17-13(9-19)10-20-16-7-2-1-6-15(16)17/h1-8,10H,9,11,19H2. The van der Waals surface area contributed by atoms with Crippen molar-refractivity contribution in [2.45, 2.75) is 13.2 Å². The van der Waals surface area contributed by atoms with E-state index in [1.54, 1.807) is 6.20 Å². The molecule has 0 fully saturated rings. The lowest BCUT2D eigenvalue weighted by Crippen LogP contribution is -2.04. The smallest absolute Gasteiger partial charge is 0.135 e. The van der Waals surface area contributed by atoms with Gasteiger partial charge < -0.3 is 10.5 Å². The van der Waals surface area contributed by atoms with Crippen LogP contribution in [0, 0.1) is 0 Å². The summed E-state index contributed by atoms with van der Waals surface area (Å²) in [6, 6.07) is 15.5. The molecule has 21 heavy (non-hydrogen) atoms. The number of hydrogen-bond donors (Lipinski definition) is 1. The third-order valence-electron chi connectivity index (χ3n) is 3.29. The molecular weight excluding hydrogens is 284 g/mol. The van der Waals surface area contributed by atoms with Crippen LogP contribution < -0.4 is 10.5 Å². The molecule has 0 saturated heterocycles. The summed E-state index contributed by atoms with van der Waals surface area (Å²) < 4.78 is 6.00. The molecule has 0 aliphatic rings. The fourth-order valence-electron chi connectivity index (χ4n) is 2.26. The molecule has 0 aliphatic heterocycles. The predicted molar refractivity (Wildman–Crippen MR) is 85.4 cm³/mol. The Bertz CT molecular complexity index is 774. The van der Waals surface area contributed by atoms with Gasteiger partial charge in [-0.05, 0) is 29.8 Å². The fraction of sp³-hybridized carbons (Fsp3) is 0.118. The lowest BCUT2D eigenvalue weighted by Gasteiger charge is -2.13. The second kappa shape index (κ2) is 6.12. The Balaban J connectivity index is 1.95. The van der Waals surface area contributed by atoms with Crippen molar-refractivity contribution >= 4 is 22.5 Å². The minimum Gasteiger partial charge on any atom is -0.488 e. The SMILES string of the molecule is NCc1cnc2ccccc2c1OCc1cccc(Cl)c1. The van der Waals surface area contributed by atoms with E-state index in [4.69, 9.17) is 22.1 Å². The first-order valence-corrected chi connectivity index (χ1v) is 7.09. The van der Waals surface area contributed by atoms with E-state index in [9.17, 15) is 0 Å². The molecule has 106 valence electrons. The summed E-state index contributed by atoms with van der Waals surface area (Å²) in [7, 11) is 0. The molecule has 3 rings (SSSR count). The number of pyridine rings is 1. The van der Waals surface area contributed by atoms with Crippen molar-refractivity contribution in [2.75, 3.05) is 0 Å². The quantitative estimate of drug-likeness (QED) is 0.794. The number of fused-ring (bicyclic) bond motifs is 1. The van der Waals surface area contributed by atoms with E-state index in [0.717, 1.165) is 27.8 Å². The van der Waals surface area contributed by atoms with Gasteiger partial charge in [0.2, 0.25) is 0 Å². The first kappa shape index (κ1) is 13.9. The summed E-state index contributed by atoms with van der Waals surface area (Å²) >= 11 is 5.99. The van der Waals surface area contributed by atoms with Gasteiger partial charge in [0.05, 0.1) is 5.52 Å². The van der Waals surface area contributed by atoms with Gasteiger partial charge in [0, 0.05) is 28.7 Å². The number of nitrogens with zero attached hydrogens (tertiary/aromatic N) is 1. The maximum absolute atomic E-state index is 6.00. The highest BCUT2D eigenvalue weighted by Gasteiger charge is 2.09. The van der Waals surface area contributed by atoms with E-state index in [0.29, 0.717) is 18.2 Å². The van der Waals surface area contributed by atoms with Crippen molar-refractivity contribution in [3.05, 3.63) is 70.9 Å². The molecule has 0 spiro atoms. The van der Waals surface area contributed by atoms with Crippen LogP contribution in [0.15, 0.2) is 54.7 Å². The molecule has 3 nitrogen and oxygen atoms in total. The number of aromatic nitrogens is 1. The maximum Gasteiger partial charge on any atom is 0.135 e. The average Bonchev–Trinajstić information content (AvgIpc) is 2.52. The van der Waals surface area contributed by atoms with Crippen LogP contribution in [0.1, 0.15) is 11.1 Å². The molecular formula is C17H15ClN2O. The number of rotatable bonds is 4. The second-order valence-corrected chi connectivity index (χ2v) is 5.19. The van der Waals surface area contributed by atoms with Gasteiger partial charge in [-0.25, -0.2) is 0 Å². The lowest BCUT2D eigenvalue weighted by molar-refractivity contribution is 0.306. The lowest BCUT2D eigenvalue weighted by atomic mass is 10.1. The highest BCUT2D eigenvalue weighted by molar-refractivity contribution is 6.30. The van der Waals surface area contributed by atoms with Crippen molar-refractivity contribution in [3.8, 4) is 5.75 Å². The zero-order valence-electron chi connectivity index (χ0n) is 11.4. The summed E-state index contributed by atoms with van der Waals surface area (Å²) in [4.78, 5) is 4.40. The largest absolute Gasteiger partial charge is 0.488 e. The minimum absolute atomic E-state index is 0.392. The monoisotopic (exact) mass is 298 g/mol. The minimum atomic E-state index is 0.392. The topological polar surface area (TPSA) is 48.1 Å². The van der Waals surface area contributed by atoms with Crippen molar-refractivity contribution in [1.29, 1.82) is 0 Å². The maximum atomic E-state index is 6.00. The van der Waals surface area contributed by atoms with Crippen LogP contribution in [0.2, 0.25) is 5.02 Å². The predicted octanol–water partition coefficient (Wildman–Crippen LogP) is 3.93. The van der Waals surface area contributed by atoms with Crippen molar-refractivity contribution in [3.63, 3.8) is 0 Å². The second-order valence-electron chi connectivity index (χ2n) is 4.75. The molecule has 0 aliphatic carbocycles. The first-order chi connectivity index (χ1) is 10.3. The van der Waals surface area contributed by atoms with Crippen LogP contribution in [0.3, 0.4) is 0 Å². The van der Waals surface area contributed by atoms with Gasteiger partial charge in [-0.15, -0.1) is 0 Å². The average molecular weight is 299 g/mol. The zero-order valence-corrected chi connectivity index (χ0v) is 12.2. The van der Waals surface area contributed by atoms with E-state index in [2.05, 4.69) is 4.98 Å². The van der Waals surface area contributed by atoms with Gasteiger partial charge in [-0.2, -0.15) is 0 Å². The van der Waals surface area contributed by atoms with E-state index >= 15 is 0 Å². The van der Waals surface area contributed by atoms with Crippen molar-refractivity contribution < 1.29 is 4.74 Å². The van der Waals surface area contributed by atoms with Crippen LogP contribution in [-0.2, 0) is 13.2 Å². The highest BCUT2D eigenvalue weighted by atomic mass is 35.5. The van der Waals surface area contributed by atoms with Gasteiger partial charge in [-0.1, -0.05) is 35.9 Å². The number of para-hydroxylation sites is 1. The van der Waals surface area contributed by atoms with Gasteiger partial charge in [-0.3, -0.25) is 4.98 Å². The van der Waals surface area contributed by atoms with Crippen molar-refractivity contribution in [2.24, 2.45) is 5.73 Å². The first-order valence-electron chi connectivity index (χ1n) is 6.72. The number of hydrogen-bond acceptors (Lipinski definition) is 3. The summed E-state index contributed by atoms with van der Waals surface area (Å²) in [5, 5.41) is 1.68. The Kier molecular flexibility index (Phi) is 4.04. The molecule has 3 aromatic rings.